The number of hydrogen-bond acceptors (Lipinski definition) is 6. The molecule has 1 N–H and O–H groups in total. The van der Waals surface area contributed by atoms with Gasteiger partial charge in [-0.05, 0) is 30.3 Å². The summed E-state index contributed by atoms with van der Waals surface area (Å²) in [5, 5.41) is 6.35. The van der Waals surface area contributed by atoms with Crippen LogP contribution in [0, 0.1) is 0 Å². The van der Waals surface area contributed by atoms with Crippen LogP contribution in [0.4, 0.5) is 5.69 Å². The first-order valence-electron chi connectivity index (χ1n) is 8.89. The molecule has 3 rings (SSSR count). The Morgan fingerprint density at radius 2 is 1.97 bits per heavy atom. The van der Waals surface area contributed by atoms with Crippen LogP contribution >= 0.6 is 34.7 Å². The fourth-order valence-electron chi connectivity index (χ4n) is 2.59. The third-order valence-corrected chi connectivity index (χ3v) is 6.32. The predicted molar refractivity (Wildman–Crippen MR) is 122 cm³/mol. The molecule has 0 aliphatic heterocycles. The second-order valence-corrected chi connectivity index (χ2v) is 8.41. The van der Waals surface area contributed by atoms with Gasteiger partial charge in [0.2, 0.25) is 5.91 Å². The van der Waals surface area contributed by atoms with Crippen molar-refractivity contribution in [1.29, 1.82) is 0 Å². The van der Waals surface area contributed by atoms with E-state index in [-0.39, 0.29) is 5.91 Å². The largest absolute Gasteiger partial charge is 0.493 e. The Balaban J connectivity index is 1.48. The van der Waals surface area contributed by atoms with E-state index in [0.29, 0.717) is 34.4 Å². The van der Waals surface area contributed by atoms with E-state index in [1.54, 1.807) is 49.5 Å². The van der Waals surface area contributed by atoms with Crippen molar-refractivity contribution in [2.45, 2.75) is 12.2 Å². The smallest absolute Gasteiger partial charge is 0.225 e. The van der Waals surface area contributed by atoms with Crippen molar-refractivity contribution in [2.75, 3.05) is 25.3 Å². The second kappa shape index (κ2) is 10.5. The molecule has 2 aromatic carbocycles. The number of amides is 1. The average Bonchev–Trinajstić information content (AvgIpc) is 3.21. The van der Waals surface area contributed by atoms with Crippen molar-refractivity contribution in [1.82, 2.24) is 4.98 Å². The van der Waals surface area contributed by atoms with Gasteiger partial charge in [0.15, 0.2) is 11.5 Å². The van der Waals surface area contributed by atoms with Gasteiger partial charge in [-0.15, -0.1) is 11.3 Å². The standard InChI is InChI=1S/C21H21ClN2O3S2/c1-26-18-8-7-14(11-19(18)27-2)21-23-15(13-29-21)12-28-10-9-20(25)24-17-6-4-3-5-16(17)22/h3-8,11,13H,9-10,12H2,1-2H3,(H,24,25). The number of thioether (sulfide) groups is 1. The Hall–Kier alpha value is -2.22. The van der Waals surface area contributed by atoms with Crippen molar-refractivity contribution in [2.24, 2.45) is 0 Å². The highest BCUT2D eigenvalue weighted by molar-refractivity contribution is 7.98. The van der Waals surface area contributed by atoms with Crippen LogP contribution in [0.25, 0.3) is 10.6 Å². The summed E-state index contributed by atoms with van der Waals surface area (Å²) in [4.78, 5) is 16.7. The van der Waals surface area contributed by atoms with Gasteiger partial charge >= 0.3 is 0 Å². The van der Waals surface area contributed by atoms with Crippen LogP contribution < -0.4 is 14.8 Å². The van der Waals surface area contributed by atoms with Gasteiger partial charge < -0.3 is 14.8 Å². The van der Waals surface area contributed by atoms with Gasteiger partial charge in [0.1, 0.15) is 5.01 Å². The first-order chi connectivity index (χ1) is 14.1. The molecule has 5 nitrogen and oxygen atoms in total. The molecule has 8 heteroatoms. The van der Waals surface area contributed by atoms with E-state index in [9.17, 15) is 4.79 Å². The second-order valence-electron chi connectivity index (χ2n) is 6.04. The maximum absolute atomic E-state index is 12.1. The molecule has 0 fully saturated rings. The van der Waals surface area contributed by atoms with Gasteiger partial charge in [-0.1, -0.05) is 23.7 Å². The predicted octanol–water partition coefficient (Wildman–Crippen LogP) is 5.74. The summed E-state index contributed by atoms with van der Waals surface area (Å²) in [6, 6.07) is 13.0. The third-order valence-electron chi connectivity index (χ3n) is 4.05. The number of nitrogens with one attached hydrogen (secondary N) is 1. The lowest BCUT2D eigenvalue weighted by Crippen LogP contribution is -2.12. The molecule has 0 unspecified atom stereocenters. The first-order valence-corrected chi connectivity index (χ1v) is 11.3. The van der Waals surface area contributed by atoms with Crippen molar-refractivity contribution in [3.63, 3.8) is 0 Å². The van der Waals surface area contributed by atoms with Crippen molar-refractivity contribution < 1.29 is 14.3 Å². The number of rotatable bonds is 9. The molecule has 29 heavy (non-hydrogen) atoms. The number of benzene rings is 2. The number of nitrogens with zero attached hydrogens (tertiary/aromatic N) is 1. The van der Waals surface area contributed by atoms with Crippen molar-refractivity contribution in [3.05, 3.63) is 58.6 Å². The summed E-state index contributed by atoms with van der Waals surface area (Å²) < 4.78 is 10.6. The van der Waals surface area contributed by atoms with Gasteiger partial charge in [-0.25, -0.2) is 4.98 Å². The number of methoxy groups -OCH3 is 2. The Morgan fingerprint density at radius 3 is 2.72 bits per heavy atom. The van der Waals surface area contributed by atoms with E-state index in [1.807, 2.05) is 35.7 Å². The summed E-state index contributed by atoms with van der Waals surface area (Å²) in [5.74, 6) is 2.79. The number of carbonyl (C=O) groups is 1. The normalized spacial score (nSPS) is 10.6. The molecule has 0 spiro atoms. The fraction of sp³-hybridized carbons (Fsp3) is 0.238. The van der Waals surface area contributed by atoms with E-state index >= 15 is 0 Å². The molecule has 152 valence electrons. The monoisotopic (exact) mass is 448 g/mol. The molecule has 0 aliphatic rings. The van der Waals surface area contributed by atoms with E-state index < -0.39 is 0 Å². The zero-order valence-corrected chi connectivity index (χ0v) is 18.5. The lowest BCUT2D eigenvalue weighted by atomic mass is 10.2. The summed E-state index contributed by atoms with van der Waals surface area (Å²) >= 11 is 9.32. The molecular formula is C21H21ClN2O3S2. The van der Waals surface area contributed by atoms with Gasteiger partial charge in [0, 0.05) is 28.9 Å². The summed E-state index contributed by atoms with van der Waals surface area (Å²) in [6.07, 6.45) is 0.419. The average molecular weight is 449 g/mol. The Kier molecular flexibility index (Phi) is 7.80. The minimum atomic E-state index is -0.0464. The van der Waals surface area contributed by atoms with E-state index in [2.05, 4.69) is 5.32 Å². The molecule has 0 aliphatic carbocycles. The zero-order valence-electron chi connectivity index (χ0n) is 16.1. The highest BCUT2D eigenvalue weighted by atomic mass is 35.5. The van der Waals surface area contributed by atoms with Gasteiger partial charge in [0.05, 0.1) is 30.6 Å². The Morgan fingerprint density at radius 1 is 1.17 bits per heavy atom. The number of carbonyl (C=O) groups excluding carboxylic acids is 1. The van der Waals surface area contributed by atoms with Crippen LogP contribution in [-0.2, 0) is 10.5 Å². The van der Waals surface area contributed by atoms with Crippen LogP contribution in [0.3, 0.4) is 0 Å². The zero-order chi connectivity index (χ0) is 20.6. The number of anilines is 1. The number of hydrogen-bond donors (Lipinski definition) is 1. The molecule has 0 radical (unpaired) electrons. The molecular weight excluding hydrogens is 428 g/mol. The van der Waals surface area contributed by atoms with Gasteiger partial charge in [-0.3, -0.25) is 4.79 Å². The number of para-hydroxylation sites is 1. The molecule has 0 saturated heterocycles. The van der Waals surface area contributed by atoms with Gasteiger partial charge in [0.25, 0.3) is 0 Å². The van der Waals surface area contributed by atoms with Crippen LogP contribution in [-0.4, -0.2) is 30.9 Å². The lowest BCUT2D eigenvalue weighted by Gasteiger charge is -2.08. The summed E-state index contributed by atoms with van der Waals surface area (Å²) in [6.45, 7) is 0. The maximum Gasteiger partial charge on any atom is 0.225 e. The highest BCUT2D eigenvalue weighted by Crippen LogP contribution is 2.34. The van der Waals surface area contributed by atoms with E-state index in [4.69, 9.17) is 26.1 Å². The molecule has 0 saturated carbocycles. The van der Waals surface area contributed by atoms with E-state index in [1.165, 1.54) is 0 Å². The summed E-state index contributed by atoms with van der Waals surface area (Å²) in [7, 11) is 3.23. The molecule has 0 bridgehead atoms. The molecule has 3 aromatic rings. The number of halogens is 1. The van der Waals surface area contributed by atoms with Gasteiger partial charge in [-0.2, -0.15) is 11.8 Å². The van der Waals surface area contributed by atoms with Crippen LogP contribution in [0.15, 0.2) is 47.8 Å². The Labute approximate surface area is 183 Å². The third kappa shape index (κ3) is 5.88. The highest BCUT2D eigenvalue weighted by Gasteiger charge is 2.10. The van der Waals surface area contributed by atoms with Crippen molar-refractivity contribution in [3.8, 4) is 22.1 Å². The van der Waals surface area contributed by atoms with Crippen molar-refractivity contribution >= 4 is 46.3 Å². The topological polar surface area (TPSA) is 60.5 Å². The summed E-state index contributed by atoms with van der Waals surface area (Å²) in [5.41, 5.74) is 2.63. The molecule has 0 atom stereocenters. The van der Waals surface area contributed by atoms with E-state index in [0.717, 1.165) is 22.0 Å². The van der Waals surface area contributed by atoms with Crippen LogP contribution in [0.2, 0.25) is 5.02 Å². The molecule has 1 heterocycles. The fourth-order valence-corrected chi connectivity index (χ4v) is 4.53. The Bertz CT molecular complexity index is 978. The molecule has 1 aromatic heterocycles. The minimum Gasteiger partial charge on any atom is -0.493 e. The quantitative estimate of drug-likeness (QED) is 0.423. The minimum absolute atomic E-state index is 0.0464. The molecule has 1 amide bonds. The van der Waals surface area contributed by atoms with Crippen LogP contribution in [0.5, 0.6) is 11.5 Å². The number of aromatic nitrogens is 1. The first kappa shape index (κ1) is 21.5. The number of thiazole rings is 1. The lowest BCUT2D eigenvalue weighted by molar-refractivity contribution is -0.115. The SMILES string of the molecule is COc1ccc(-c2nc(CSCCC(=O)Nc3ccccc3Cl)cs2)cc1OC. The maximum atomic E-state index is 12.1. The van der Waals surface area contributed by atoms with Crippen LogP contribution in [0.1, 0.15) is 12.1 Å². The number of ether oxygens (including phenoxy) is 2.